The lowest BCUT2D eigenvalue weighted by molar-refractivity contribution is -0.287. The Labute approximate surface area is 237 Å². The molecule has 16 heteroatoms. The van der Waals surface area contributed by atoms with Crippen molar-refractivity contribution in [3.8, 4) is 43.7 Å². The Kier molecular flexibility index (Phi) is 7.33. The first-order valence-corrected chi connectivity index (χ1v) is 13.1. The molecule has 4 aromatic heterocycles. The minimum absolute atomic E-state index is 0.0346. The summed E-state index contributed by atoms with van der Waals surface area (Å²) in [5, 5.41) is -0.429. The fraction of sp³-hybridized carbons (Fsp3) is 0.154. The van der Waals surface area contributed by atoms with Crippen molar-refractivity contribution in [2.24, 2.45) is 0 Å². The molecular weight excluding hydrogens is 622 g/mol. The first-order valence-electron chi connectivity index (χ1n) is 11.4. The van der Waals surface area contributed by atoms with Crippen molar-refractivity contribution in [2.75, 3.05) is 0 Å². The van der Waals surface area contributed by atoms with Gasteiger partial charge in [0.05, 0.1) is 11.4 Å². The first-order chi connectivity index (χ1) is 19.6. The van der Waals surface area contributed by atoms with Crippen LogP contribution in [0.5, 0.6) is 0 Å². The summed E-state index contributed by atoms with van der Waals surface area (Å²) >= 11 is 0.216. The third-order valence-corrected chi connectivity index (χ3v) is 8.17. The Morgan fingerprint density at radius 1 is 0.429 bits per heavy atom. The van der Waals surface area contributed by atoms with Crippen LogP contribution in [0, 0.1) is 0 Å². The first kappa shape index (κ1) is 29.6. The molecule has 0 aliphatic carbocycles. The molecule has 0 fully saturated rings. The van der Waals surface area contributed by atoms with E-state index in [4.69, 9.17) is 0 Å². The van der Waals surface area contributed by atoms with E-state index in [0.717, 1.165) is 0 Å². The summed E-state index contributed by atoms with van der Waals surface area (Å²) in [6, 6.07) is 9.91. The SMILES string of the molecule is FC(F)(F)C(F)(F)c1sc(-c2ccc(-c3nc(-c4ccncc4)c(C(F)(F)C(F)(F)F)s3)cc2)nc1-c1ccncc1. The highest BCUT2D eigenvalue weighted by Crippen LogP contribution is 2.52. The molecule has 0 bridgehead atoms. The van der Waals surface area contributed by atoms with E-state index < -0.39 is 45.3 Å². The van der Waals surface area contributed by atoms with Crippen LogP contribution in [-0.2, 0) is 11.8 Å². The lowest BCUT2D eigenvalue weighted by atomic mass is 10.1. The minimum atomic E-state index is -5.91. The second-order valence-electron chi connectivity index (χ2n) is 8.59. The van der Waals surface area contributed by atoms with Crippen molar-refractivity contribution >= 4 is 22.7 Å². The molecule has 5 rings (SSSR count). The van der Waals surface area contributed by atoms with E-state index in [1.807, 2.05) is 0 Å². The van der Waals surface area contributed by atoms with Crippen molar-refractivity contribution in [2.45, 2.75) is 24.2 Å². The van der Waals surface area contributed by atoms with E-state index in [1.54, 1.807) is 0 Å². The molecule has 0 aliphatic rings. The predicted molar refractivity (Wildman–Crippen MR) is 135 cm³/mol. The van der Waals surface area contributed by atoms with Crippen LogP contribution in [0.1, 0.15) is 9.75 Å². The molecule has 0 unspecified atom stereocenters. The van der Waals surface area contributed by atoms with Crippen molar-refractivity contribution in [3.05, 3.63) is 83.1 Å². The minimum Gasteiger partial charge on any atom is -0.265 e. The van der Waals surface area contributed by atoms with Crippen molar-refractivity contribution in [1.82, 2.24) is 19.9 Å². The Bertz CT molecular complexity index is 1570. The molecular formula is C26H12F10N4S2. The molecule has 0 N–H and O–H groups in total. The Morgan fingerprint density at radius 2 is 0.738 bits per heavy atom. The van der Waals surface area contributed by atoms with Gasteiger partial charge in [-0.1, -0.05) is 24.3 Å². The topological polar surface area (TPSA) is 51.6 Å². The maximum atomic E-state index is 14.5. The average molecular weight is 635 g/mol. The van der Waals surface area contributed by atoms with E-state index in [2.05, 4.69) is 19.9 Å². The second-order valence-corrected chi connectivity index (χ2v) is 10.6. The van der Waals surface area contributed by atoms with Gasteiger partial charge in [-0.05, 0) is 24.3 Å². The number of pyridine rings is 2. The number of thiazole rings is 2. The van der Waals surface area contributed by atoms with E-state index in [1.165, 1.54) is 73.3 Å². The highest BCUT2D eigenvalue weighted by atomic mass is 32.1. The fourth-order valence-corrected chi connectivity index (χ4v) is 5.91. The molecule has 4 nitrogen and oxygen atoms in total. The lowest BCUT2D eigenvalue weighted by Gasteiger charge is -2.19. The molecule has 42 heavy (non-hydrogen) atoms. The van der Waals surface area contributed by atoms with Crippen molar-refractivity contribution < 1.29 is 43.9 Å². The van der Waals surface area contributed by atoms with Gasteiger partial charge in [0.25, 0.3) is 0 Å². The summed E-state index contributed by atoms with van der Waals surface area (Å²) in [5.41, 5.74) is -1.10. The van der Waals surface area contributed by atoms with E-state index in [9.17, 15) is 43.9 Å². The van der Waals surface area contributed by atoms with Crippen LogP contribution < -0.4 is 0 Å². The molecule has 0 atom stereocenters. The zero-order valence-electron chi connectivity index (χ0n) is 20.3. The molecule has 0 saturated carbocycles. The summed E-state index contributed by atoms with van der Waals surface area (Å²) < 4.78 is 137. The van der Waals surface area contributed by atoms with Gasteiger partial charge < -0.3 is 0 Å². The molecule has 0 radical (unpaired) electrons. The largest absolute Gasteiger partial charge is 0.459 e. The van der Waals surface area contributed by atoms with Crippen LogP contribution in [0.2, 0.25) is 0 Å². The highest BCUT2D eigenvalue weighted by Gasteiger charge is 2.62. The van der Waals surface area contributed by atoms with E-state index >= 15 is 0 Å². The number of hydrogen-bond donors (Lipinski definition) is 0. The van der Waals surface area contributed by atoms with E-state index in [-0.39, 0.29) is 54.9 Å². The third-order valence-electron chi connectivity index (χ3n) is 5.82. The van der Waals surface area contributed by atoms with Crippen molar-refractivity contribution in [3.63, 3.8) is 0 Å². The molecule has 0 amide bonds. The van der Waals surface area contributed by atoms with Gasteiger partial charge in [0.1, 0.15) is 19.8 Å². The van der Waals surface area contributed by atoms with Crippen LogP contribution in [0.25, 0.3) is 43.7 Å². The van der Waals surface area contributed by atoms with Crippen LogP contribution in [0.15, 0.2) is 73.3 Å². The number of rotatable bonds is 6. The number of nitrogens with zero attached hydrogens (tertiary/aromatic N) is 4. The third kappa shape index (κ3) is 5.24. The standard InChI is InChI=1S/C26H12F10N4S2/c27-23(28,25(31,32)33)19-17(13-5-9-37-10-6-13)39-21(41-19)15-1-2-16(4-3-15)22-40-18(14-7-11-38-12-8-14)20(42-22)24(29,30)26(34,35)36/h1-12H. The monoisotopic (exact) mass is 634 g/mol. The summed E-state index contributed by atoms with van der Waals surface area (Å²) in [4.78, 5) is 12.8. The number of halogens is 10. The smallest absolute Gasteiger partial charge is 0.265 e. The predicted octanol–water partition coefficient (Wildman–Crippen LogP) is 9.37. The van der Waals surface area contributed by atoms with Gasteiger partial charge in [-0.2, -0.15) is 43.9 Å². The van der Waals surface area contributed by atoms with E-state index in [0.29, 0.717) is 0 Å². The normalized spacial score (nSPS) is 13.0. The van der Waals surface area contributed by atoms with Gasteiger partial charge in [0.15, 0.2) is 0 Å². The van der Waals surface area contributed by atoms with Crippen LogP contribution in [-0.4, -0.2) is 32.3 Å². The van der Waals surface area contributed by atoms with Crippen LogP contribution in [0.4, 0.5) is 43.9 Å². The highest BCUT2D eigenvalue weighted by molar-refractivity contribution is 7.16. The summed E-state index contributed by atoms with van der Waals surface area (Å²) in [6.45, 7) is 0. The summed E-state index contributed by atoms with van der Waals surface area (Å²) in [5.74, 6) is -10.5. The number of alkyl halides is 10. The average Bonchev–Trinajstić information content (AvgIpc) is 3.60. The maximum Gasteiger partial charge on any atom is 0.459 e. The van der Waals surface area contributed by atoms with Gasteiger partial charge in [0, 0.05) is 47.0 Å². The zero-order valence-corrected chi connectivity index (χ0v) is 21.9. The summed E-state index contributed by atoms with van der Waals surface area (Å²) in [6.07, 6.45) is -7.02. The van der Waals surface area contributed by atoms with Crippen LogP contribution in [0.3, 0.4) is 0 Å². The van der Waals surface area contributed by atoms with Gasteiger partial charge >= 0.3 is 24.2 Å². The number of benzene rings is 1. The van der Waals surface area contributed by atoms with Gasteiger partial charge in [-0.3, -0.25) is 9.97 Å². The maximum absolute atomic E-state index is 14.5. The van der Waals surface area contributed by atoms with Gasteiger partial charge in [-0.15, -0.1) is 22.7 Å². The van der Waals surface area contributed by atoms with Crippen molar-refractivity contribution in [1.29, 1.82) is 0 Å². The Morgan fingerprint density at radius 3 is 1.02 bits per heavy atom. The molecule has 0 spiro atoms. The summed E-state index contributed by atoms with van der Waals surface area (Å²) in [7, 11) is 0. The molecule has 1 aromatic carbocycles. The number of hydrogen-bond acceptors (Lipinski definition) is 6. The molecule has 5 aromatic rings. The van der Waals surface area contributed by atoms with Gasteiger partial charge in [-0.25, -0.2) is 9.97 Å². The molecule has 0 saturated heterocycles. The zero-order chi connectivity index (χ0) is 30.5. The molecule has 218 valence electrons. The quantitative estimate of drug-likeness (QED) is 0.175. The Balaban J connectivity index is 1.58. The van der Waals surface area contributed by atoms with Crippen LogP contribution >= 0.6 is 22.7 Å². The fourth-order valence-electron chi connectivity index (χ4n) is 3.74. The second kappa shape index (κ2) is 10.4. The van der Waals surface area contributed by atoms with Gasteiger partial charge in [0.2, 0.25) is 0 Å². The molecule has 4 heterocycles. The molecule has 0 aliphatic heterocycles. The Hall–Kier alpha value is -3.92. The lowest BCUT2D eigenvalue weighted by Crippen LogP contribution is -2.33. The number of aromatic nitrogens is 4.